The number of nitrogens with zero attached hydrogens (tertiary/aromatic N) is 1. The van der Waals surface area contributed by atoms with Gasteiger partial charge in [-0.15, -0.1) is 0 Å². The second-order valence-electron chi connectivity index (χ2n) is 7.33. The van der Waals surface area contributed by atoms with Crippen molar-refractivity contribution in [3.8, 4) is 0 Å². The van der Waals surface area contributed by atoms with E-state index in [-0.39, 0.29) is 17.9 Å². The molecule has 4 nitrogen and oxygen atoms in total. The van der Waals surface area contributed by atoms with Crippen molar-refractivity contribution in [2.75, 3.05) is 25.6 Å². The van der Waals surface area contributed by atoms with Gasteiger partial charge in [0.15, 0.2) is 0 Å². The third-order valence-electron chi connectivity index (χ3n) is 5.27. The van der Waals surface area contributed by atoms with Crippen LogP contribution in [0.5, 0.6) is 0 Å². The molecule has 138 valence electrons. The summed E-state index contributed by atoms with van der Waals surface area (Å²) in [6, 6.07) is 16.6. The van der Waals surface area contributed by atoms with Gasteiger partial charge in [-0.1, -0.05) is 50.2 Å². The molecule has 1 heterocycles. The van der Waals surface area contributed by atoms with Crippen LogP contribution in [-0.2, 0) is 15.1 Å². The van der Waals surface area contributed by atoms with Crippen LogP contribution < -0.4 is 10.2 Å². The summed E-state index contributed by atoms with van der Waals surface area (Å²) in [4.78, 5) is 15.1. The second kappa shape index (κ2) is 7.12. The average molecular weight is 352 g/mol. The lowest BCUT2D eigenvalue weighted by Crippen LogP contribution is -2.51. The van der Waals surface area contributed by atoms with Crippen LogP contribution in [0.2, 0.25) is 0 Å². The van der Waals surface area contributed by atoms with Crippen molar-refractivity contribution >= 4 is 11.7 Å². The largest absolute Gasteiger partial charge is 0.464 e. The lowest BCUT2D eigenvalue weighted by Gasteiger charge is -2.33. The van der Waals surface area contributed by atoms with Crippen LogP contribution >= 0.6 is 0 Å². The number of carbonyl (C=O) groups is 1. The standard InChI is InChI=1S/C22H28N2O2/c1-6-26-21(25)22(15(2)3)19-10-8-7-9-18(19)20(23-22)16-11-13-17(14-12-16)24(4)5/h7-15,20,23H,6H2,1-5H3/t20-,22-/m1/s1. The molecule has 26 heavy (non-hydrogen) atoms. The molecule has 1 aliphatic rings. The van der Waals surface area contributed by atoms with E-state index in [2.05, 4.69) is 54.4 Å². The predicted octanol–water partition coefficient (Wildman–Crippen LogP) is 3.86. The summed E-state index contributed by atoms with van der Waals surface area (Å²) >= 11 is 0. The van der Waals surface area contributed by atoms with Gasteiger partial charge in [-0.25, -0.2) is 4.79 Å². The minimum absolute atomic E-state index is 0.0331. The van der Waals surface area contributed by atoms with Crippen molar-refractivity contribution in [3.05, 3.63) is 65.2 Å². The zero-order chi connectivity index (χ0) is 18.9. The fourth-order valence-electron chi connectivity index (χ4n) is 3.85. The number of fused-ring (bicyclic) bond motifs is 1. The molecular weight excluding hydrogens is 324 g/mol. The molecule has 0 fully saturated rings. The Morgan fingerprint density at radius 3 is 2.38 bits per heavy atom. The molecule has 0 bridgehead atoms. The van der Waals surface area contributed by atoms with Gasteiger partial charge in [-0.3, -0.25) is 5.32 Å². The van der Waals surface area contributed by atoms with Crippen molar-refractivity contribution in [2.45, 2.75) is 32.4 Å². The fraction of sp³-hybridized carbons (Fsp3) is 0.409. The summed E-state index contributed by atoms with van der Waals surface area (Å²) < 4.78 is 5.47. The molecule has 1 aliphatic heterocycles. The van der Waals surface area contributed by atoms with Crippen molar-refractivity contribution in [3.63, 3.8) is 0 Å². The number of ether oxygens (including phenoxy) is 1. The number of nitrogens with one attached hydrogen (secondary N) is 1. The van der Waals surface area contributed by atoms with E-state index in [9.17, 15) is 4.79 Å². The molecule has 1 N–H and O–H groups in total. The highest BCUT2D eigenvalue weighted by Crippen LogP contribution is 2.45. The van der Waals surface area contributed by atoms with Crippen LogP contribution in [0, 0.1) is 5.92 Å². The Morgan fingerprint density at radius 2 is 1.81 bits per heavy atom. The van der Waals surface area contributed by atoms with Crippen LogP contribution in [0.15, 0.2) is 48.5 Å². The molecule has 4 heteroatoms. The van der Waals surface area contributed by atoms with Crippen molar-refractivity contribution in [1.82, 2.24) is 5.32 Å². The average Bonchev–Trinajstić information content (AvgIpc) is 2.99. The summed E-state index contributed by atoms with van der Waals surface area (Å²) in [5.74, 6) is -0.136. The summed E-state index contributed by atoms with van der Waals surface area (Å²) in [5, 5.41) is 3.63. The first kappa shape index (κ1) is 18.5. The molecule has 2 atom stereocenters. The van der Waals surface area contributed by atoms with E-state index in [1.807, 2.05) is 39.2 Å². The highest BCUT2D eigenvalue weighted by molar-refractivity contribution is 5.85. The molecule has 0 unspecified atom stereocenters. The number of carbonyl (C=O) groups excluding carboxylic acids is 1. The van der Waals surface area contributed by atoms with Crippen LogP contribution in [0.25, 0.3) is 0 Å². The maximum atomic E-state index is 13.0. The first-order chi connectivity index (χ1) is 12.4. The number of hydrogen-bond acceptors (Lipinski definition) is 4. The van der Waals surface area contributed by atoms with E-state index in [0.29, 0.717) is 6.61 Å². The molecule has 0 aromatic heterocycles. The number of esters is 1. The zero-order valence-corrected chi connectivity index (χ0v) is 16.2. The Balaban J connectivity index is 2.08. The molecule has 2 aromatic rings. The summed E-state index contributed by atoms with van der Waals surface area (Å²) in [6.07, 6.45) is 0. The van der Waals surface area contributed by atoms with Gasteiger partial charge in [-0.05, 0) is 41.7 Å². The first-order valence-electron chi connectivity index (χ1n) is 9.23. The third-order valence-corrected chi connectivity index (χ3v) is 5.27. The maximum absolute atomic E-state index is 13.0. The Labute approximate surface area is 156 Å². The molecule has 0 saturated carbocycles. The SMILES string of the molecule is CCOC(=O)[C@]1(C(C)C)N[C@H](c2ccc(N(C)C)cc2)c2ccccc21. The van der Waals surface area contributed by atoms with Gasteiger partial charge < -0.3 is 9.64 Å². The molecule has 2 aromatic carbocycles. The molecule has 0 aliphatic carbocycles. The van der Waals surface area contributed by atoms with Gasteiger partial charge in [0, 0.05) is 19.8 Å². The summed E-state index contributed by atoms with van der Waals surface area (Å²) in [6.45, 7) is 6.36. The van der Waals surface area contributed by atoms with E-state index in [4.69, 9.17) is 4.74 Å². The minimum Gasteiger partial charge on any atom is -0.464 e. The van der Waals surface area contributed by atoms with Gasteiger partial charge >= 0.3 is 5.97 Å². The normalized spacial score (nSPS) is 21.5. The van der Waals surface area contributed by atoms with Gasteiger partial charge in [0.1, 0.15) is 5.54 Å². The maximum Gasteiger partial charge on any atom is 0.331 e. The molecule has 0 amide bonds. The predicted molar refractivity (Wildman–Crippen MR) is 105 cm³/mol. The Morgan fingerprint density at radius 1 is 1.15 bits per heavy atom. The van der Waals surface area contributed by atoms with Crippen molar-refractivity contribution < 1.29 is 9.53 Å². The Hall–Kier alpha value is -2.33. The van der Waals surface area contributed by atoms with Crippen LogP contribution in [0.4, 0.5) is 5.69 Å². The van der Waals surface area contributed by atoms with E-state index in [1.165, 1.54) is 0 Å². The first-order valence-corrected chi connectivity index (χ1v) is 9.23. The van der Waals surface area contributed by atoms with Gasteiger partial charge in [0.2, 0.25) is 0 Å². The van der Waals surface area contributed by atoms with E-state index >= 15 is 0 Å². The van der Waals surface area contributed by atoms with E-state index < -0.39 is 5.54 Å². The smallest absolute Gasteiger partial charge is 0.331 e. The number of hydrogen-bond donors (Lipinski definition) is 1. The molecule has 0 spiro atoms. The summed E-state index contributed by atoms with van der Waals surface area (Å²) in [5.41, 5.74) is 3.65. The highest BCUT2D eigenvalue weighted by Gasteiger charge is 2.52. The minimum atomic E-state index is -0.822. The Kier molecular flexibility index (Phi) is 5.05. The van der Waals surface area contributed by atoms with Gasteiger partial charge in [0.05, 0.1) is 12.6 Å². The van der Waals surface area contributed by atoms with Crippen molar-refractivity contribution in [2.24, 2.45) is 5.92 Å². The Bertz CT molecular complexity index is 783. The lowest BCUT2D eigenvalue weighted by atomic mass is 9.80. The number of anilines is 1. The zero-order valence-electron chi connectivity index (χ0n) is 16.2. The van der Waals surface area contributed by atoms with Crippen molar-refractivity contribution in [1.29, 1.82) is 0 Å². The second-order valence-corrected chi connectivity index (χ2v) is 7.33. The number of rotatable bonds is 5. The number of benzene rings is 2. The topological polar surface area (TPSA) is 41.6 Å². The highest BCUT2D eigenvalue weighted by atomic mass is 16.5. The van der Waals surface area contributed by atoms with Crippen LogP contribution in [0.1, 0.15) is 43.5 Å². The molecular formula is C22H28N2O2. The lowest BCUT2D eigenvalue weighted by molar-refractivity contribution is -0.153. The van der Waals surface area contributed by atoms with Crippen LogP contribution in [-0.4, -0.2) is 26.7 Å². The summed E-state index contributed by atoms with van der Waals surface area (Å²) in [7, 11) is 4.06. The van der Waals surface area contributed by atoms with Gasteiger partial charge in [-0.2, -0.15) is 0 Å². The molecule has 3 rings (SSSR count). The van der Waals surface area contributed by atoms with Crippen LogP contribution in [0.3, 0.4) is 0 Å². The molecule has 0 radical (unpaired) electrons. The monoisotopic (exact) mass is 352 g/mol. The quantitative estimate of drug-likeness (QED) is 0.830. The fourth-order valence-corrected chi connectivity index (χ4v) is 3.85. The third kappa shape index (κ3) is 2.88. The van der Waals surface area contributed by atoms with Gasteiger partial charge in [0.25, 0.3) is 0 Å². The van der Waals surface area contributed by atoms with E-state index in [0.717, 1.165) is 22.4 Å². The van der Waals surface area contributed by atoms with E-state index in [1.54, 1.807) is 0 Å². The molecule has 0 saturated heterocycles.